The lowest BCUT2D eigenvalue weighted by Gasteiger charge is -2.10. The highest BCUT2D eigenvalue weighted by atomic mass is 35.5. The van der Waals surface area contributed by atoms with Crippen LogP contribution in [0.3, 0.4) is 0 Å². The molecule has 0 saturated heterocycles. The van der Waals surface area contributed by atoms with Crippen LogP contribution in [-0.4, -0.2) is 15.9 Å². The van der Waals surface area contributed by atoms with Crippen LogP contribution < -0.4 is 4.74 Å². The van der Waals surface area contributed by atoms with Crippen LogP contribution in [0, 0.1) is 13.8 Å². The van der Waals surface area contributed by atoms with E-state index in [2.05, 4.69) is 14.8 Å². The van der Waals surface area contributed by atoms with E-state index in [-0.39, 0.29) is 0 Å². The molecule has 0 bridgehead atoms. The highest BCUT2D eigenvalue weighted by Crippen LogP contribution is 2.36. The van der Waals surface area contributed by atoms with Gasteiger partial charge in [0, 0.05) is 5.56 Å². The lowest BCUT2D eigenvalue weighted by Crippen LogP contribution is -1.93. The minimum Gasteiger partial charge on any atom is -0.496 e. The number of methoxy groups -OCH3 is 1. The monoisotopic (exact) mass is 254 g/mol. The lowest BCUT2D eigenvalue weighted by molar-refractivity contribution is 0.415. The summed E-state index contributed by atoms with van der Waals surface area (Å²) in [6.45, 7) is 4.04. The largest absolute Gasteiger partial charge is 0.496 e. The molecule has 84 valence electrons. The molecule has 0 amide bonds. The molecule has 0 radical (unpaired) electrons. The summed E-state index contributed by atoms with van der Waals surface area (Å²) in [7, 11) is 1.64. The Morgan fingerprint density at radius 3 is 2.56 bits per heavy atom. The first-order valence-electron chi connectivity index (χ1n) is 4.77. The van der Waals surface area contributed by atoms with Crippen molar-refractivity contribution >= 4 is 23.3 Å². The first-order chi connectivity index (χ1) is 7.63. The highest BCUT2D eigenvalue weighted by Gasteiger charge is 2.16. The Balaban J connectivity index is 2.69. The molecule has 1 heterocycles. The molecule has 0 unspecified atom stereocenters. The van der Waals surface area contributed by atoms with E-state index in [1.54, 1.807) is 7.11 Å². The van der Waals surface area contributed by atoms with E-state index >= 15 is 0 Å². The van der Waals surface area contributed by atoms with Crippen LogP contribution in [0.15, 0.2) is 12.1 Å². The van der Waals surface area contributed by atoms with E-state index < -0.39 is 0 Å². The molecule has 5 heteroatoms. The highest BCUT2D eigenvalue weighted by molar-refractivity contribution is 6.99. The summed E-state index contributed by atoms with van der Waals surface area (Å²) < 4.78 is 13.5. The van der Waals surface area contributed by atoms with Crippen molar-refractivity contribution in [3.05, 3.63) is 28.4 Å². The van der Waals surface area contributed by atoms with Gasteiger partial charge < -0.3 is 4.74 Å². The zero-order valence-corrected chi connectivity index (χ0v) is 10.8. The normalized spacial score (nSPS) is 10.5. The molecular formula is C11H11ClN2OS. The Bertz CT molecular complexity index is 525. The number of halogens is 1. The van der Waals surface area contributed by atoms with Crippen molar-refractivity contribution in [2.75, 3.05) is 7.11 Å². The number of ether oxygens (including phenoxy) is 1. The molecule has 2 rings (SSSR count). The number of rotatable bonds is 2. The van der Waals surface area contributed by atoms with Crippen molar-refractivity contribution in [3.8, 4) is 17.0 Å². The number of hydrogen-bond donors (Lipinski definition) is 0. The summed E-state index contributed by atoms with van der Waals surface area (Å²) in [5.74, 6) is 0.784. The van der Waals surface area contributed by atoms with Crippen LogP contribution in [0.4, 0.5) is 0 Å². The molecule has 0 atom stereocenters. The maximum absolute atomic E-state index is 6.00. The average Bonchev–Trinajstić information content (AvgIpc) is 2.63. The molecular weight excluding hydrogens is 244 g/mol. The molecule has 0 spiro atoms. The topological polar surface area (TPSA) is 35.0 Å². The van der Waals surface area contributed by atoms with E-state index in [0.29, 0.717) is 10.8 Å². The fourth-order valence-electron chi connectivity index (χ4n) is 1.72. The number of aryl methyl sites for hydroxylation is 2. The molecule has 0 aliphatic carbocycles. The summed E-state index contributed by atoms with van der Waals surface area (Å²) >= 11 is 7.10. The second kappa shape index (κ2) is 4.39. The van der Waals surface area contributed by atoms with Gasteiger partial charge in [-0.25, -0.2) is 0 Å². The SMILES string of the molecule is COc1cc(C)cc(C)c1-c1nsnc1Cl. The summed E-state index contributed by atoms with van der Waals surface area (Å²) in [5.41, 5.74) is 3.86. The standard InChI is InChI=1S/C11H11ClN2OS/c1-6-4-7(2)9(8(5-6)15-3)10-11(12)14-16-13-10/h4-5H,1-3H3. The number of aromatic nitrogens is 2. The van der Waals surface area contributed by atoms with Crippen molar-refractivity contribution in [2.45, 2.75) is 13.8 Å². The molecule has 2 aromatic rings. The van der Waals surface area contributed by atoms with E-state index in [4.69, 9.17) is 16.3 Å². The smallest absolute Gasteiger partial charge is 0.171 e. The summed E-state index contributed by atoms with van der Waals surface area (Å²) in [4.78, 5) is 0. The first kappa shape index (κ1) is 11.4. The zero-order valence-electron chi connectivity index (χ0n) is 9.24. The van der Waals surface area contributed by atoms with Crippen LogP contribution >= 0.6 is 23.3 Å². The molecule has 3 nitrogen and oxygen atoms in total. The Hall–Kier alpha value is -1.13. The zero-order chi connectivity index (χ0) is 11.7. The maximum atomic E-state index is 6.00. The van der Waals surface area contributed by atoms with Crippen molar-refractivity contribution in [1.29, 1.82) is 0 Å². The van der Waals surface area contributed by atoms with Gasteiger partial charge in [0.15, 0.2) is 5.15 Å². The Morgan fingerprint density at radius 1 is 1.25 bits per heavy atom. The molecule has 0 fully saturated rings. The second-order valence-electron chi connectivity index (χ2n) is 3.56. The van der Waals surface area contributed by atoms with Crippen LogP contribution in [0.5, 0.6) is 5.75 Å². The third kappa shape index (κ3) is 1.90. The lowest BCUT2D eigenvalue weighted by atomic mass is 10.0. The molecule has 0 N–H and O–H groups in total. The number of benzene rings is 1. The van der Waals surface area contributed by atoms with Crippen molar-refractivity contribution in [1.82, 2.24) is 8.75 Å². The fraction of sp³-hybridized carbons (Fsp3) is 0.273. The Morgan fingerprint density at radius 2 is 2.00 bits per heavy atom. The van der Waals surface area contributed by atoms with Crippen molar-refractivity contribution in [3.63, 3.8) is 0 Å². The minimum atomic E-state index is 0.426. The molecule has 0 aliphatic rings. The Kier molecular flexibility index (Phi) is 3.12. The fourth-order valence-corrected chi connectivity index (χ4v) is 2.46. The predicted molar refractivity (Wildman–Crippen MR) is 66.4 cm³/mol. The molecule has 1 aromatic heterocycles. The van der Waals surface area contributed by atoms with Gasteiger partial charge in [-0.3, -0.25) is 0 Å². The van der Waals surface area contributed by atoms with Gasteiger partial charge in [-0.1, -0.05) is 17.7 Å². The van der Waals surface area contributed by atoms with Gasteiger partial charge >= 0.3 is 0 Å². The third-order valence-corrected chi connectivity index (χ3v) is 3.24. The Labute approximate surface area is 103 Å². The average molecular weight is 255 g/mol. The maximum Gasteiger partial charge on any atom is 0.171 e. The van der Waals surface area contributed by atoms with Gasteiger partial charge in [0.05, 0.1) is 18.8 Å². The van der Waals surface area contributed by atoms with Gasteiger partial charge in [-0.2, -0.15) is 8.75 Å². The second-order valence-corrected chi connectivity index (χ2v) is 4.45. The summed E-state index contributed by atoms with van der Waals surface area (Å²) in [6, 6.07) is 4.05. The van der Waals surface area contributed by atoms with Crippen molar-refractivity contribution < 1.29 is 4.74 Å². The van der Waals surface area contributed by atoms with Gasteiger partial charge in [-0.15, -0.1) is 0 Å². The van der Waals surface area contributed by atoms with E-state index in [9.17, 15) is 0 Å². The third-order valence-electron chi connectivity index (χ3n) is 2.35. The van der Waals surface area contributed by atoms with Crippen LogP contribution in [0.25, 0.3) is 11.3 Å². The van der Waals surface area contributed by atoms with E-state index in [1.165, 1.54) is 0 Å². The molecule has 1 aromatic carbocycles. The first-order valence-corrected chi connectivity index (χ1v) is 5.88. The minimum absolute atomic E-state index is 0.426. The summed E-state index contributed by atoms with van der Waals surface area (Å²) in [5, 5.41) is 0.426. The van der Waals surface area contributed by atoms with Crippen LogP contribution in [-0.2, 0) is 0 Å². The molecule has 0 aliphatic heterocycles. The van der Waals surface area contributed by atoms with Gasteiger partial charge in [0.2, 0.25) is 0 Å². The van der Waals surface area contributed by atoms with Gasteiger partial charge in [0.25, 0.3) is 0 Å². The van der Waals surface area contributed by atoms with Gasteiger partial charge in [-0.05, 0) is 31.0 Å². The van der Waals surface area contributed by atoms with Gasteiger partial charge in [0.1, 0.15) is 11.4 Å². The van der Waals surface area contributed by atoms with Crippen LogP contribution in [0.2, 0.25) is 5.15 Å². The number of nitrogens with zero attached hydrogens (tertiary/aromatic N) is 2. The molecule has 16 heavy (non-hydrogen) atoms. The number of hydrogen-bond acceptors (Lipinski definition) is 4. The van der Waals surface area contributed by atoms with Crippen LogP contribution in [0.1, 0.15) is 11.1 Å². The quantitative estimate of drug-likeness (QED) is 0.823. The van der Waals surface area contributed by atoms with E-state index in [1.807, 2.05) is 19.9 Å². The molecule has 0 saturated carbocycles. The summed E-state index contributed by atoms with van der Waals surface area (Å²) in [6.07, 6.45) is 0. The predicted octanol–water partition coefficient (Wildman–Crippen LogP) is 3.48. The van der Waals surface area contributed by atoms with Crippen molar-refractivity contribution in [2.24, 2.45) is 0 Å². The van der Waals surface area contributed by atoms with E-state index in [0.717, 1.165) is 34.2 Å².